The summed E-state index contributed by atoms with van der Waals surface area (Å²) in [5.74, 6) is 1.27. The van der Waals surface area contributed by atoms with Crippen molar-refractivity contribution in [3.8, 4) is 17.2 Å². The zero-order chi connectivity index (χ0) is 24.5. The number of hydrazone groups is 1. The molecule has 0 aliphatic rings. The van der Waals surface area contributed by atoms with Crippen molar-refractivity contribution in [3.05, 3.63) is 91.9 Å². The molecular formula is C24H22BrN3O6. The Kier molecular flexibility index (Phi) is 8.58. The van der Waals surface area contributed by atoms with Gasteiger partial charge in [-0.2, -0.15) is 5.10 Å². The van der Waals surface area contributed by atoms with Crippen molar-refractivity contribution in [2.24, 2.45) is 5.10 Å². The zero-order valence-corrected chi connectivity index (χ0v) is 20.1. The van der Waals surface area contributed by atoms with Crippen molar-refractivity contribution in [3.63, 3.8) is 0 Å². The van der Waals surface area contributed by atoms with Crippen LogP contribution in [0, 0.1) is 10.1 Å². The van der Waals surface area contributed by atoms with Crippen molar-refractivity contribution >= 4 is 33.7 Å². The van der Waals surface area contributed by atoms with Crippen molar-refractivity contribution in [2.75, 3.05) is 13.7 Å². The highest BCUT2D eigenvalue weighted by atomic mass is 79.9. The van der Waals surface area contributed by atoms with E-state index in [1.807, 2.05) is 6.92 Å². The van der Waals surface area contributed by atoms with Crippen LogP contribution in [0.5, 0.6) is 17.2 Å². The van der Waals surface area contributed by atoms with E-state index >= 15 is 0 Å². The summed E-state index contributed by atoms with van der Waals surface area (Å²) >= 11 is 3.49. The predicted molar refractivity (Wildman–Crippen MR) is 131 cm³/mol. The molecule has 1 amide bonds. The Bertz CT molecular complexity index is 1180. The summed E-state index contributed by atoms with van der Waals surface area (Å²) in [6, 6.07) is 16.3. The molecule has 0 saturated heterocycles. The number of amides is 1. The van der Waals surface area contributed by atoms with Gasteiger partial charge in [0.25, 0.3) is 11.6 Å². The van der Waals surface area contributed by atoms with Crippen LogP contribution in [0.2, 0.25) is 0 Å². The topological polar surface area (TPSA) is 112 Å². The Labute approximate surface area is 204 Å². The molecule has 1 N–H and O–H groups in total. The highest BCUT2D eigenvalue weighted by molar-refractivity contribution is 9.10. The monoisotopic (exact) mass is 527 g/mol. The quantitative estimate of drug-likeness (QED) is 0.223. The summed E-state index contributed by atoms with van der Waals surface area (Å²) in [4.78, 5) is 22.6. The van der Waals surface area contributed by atoms with Crippen LogP contribution in [-0.4, -0.2) is 30.8 Å². The first kappa shape index (κ1) is 24.7. The van der Waals surface area contributed by atoms with Gasteiger partial charge >= 0.3 is 0 Å². The average Bonchev–Trinajstić information content (AvgIpc) is 2.84. The second-order valence-electron chi connectivity index (χ2n) is 6.90. The van der Waals surface area contributed by atoms with Gasteiger partial charge in [0.05, 0.1) is 29.3 Å². The second-order valence-corrected chi connectivity index (χ2v) is 7.76. The zero-order valence-electron chi connectivity index (χ0n) is 18.5. The fourth-order valence-corrected chi connectivity index (χ4v) is 3.48. The third-order valence-electron chi connectivity index (χ3n) is 4.59. The number of hydrogen-bond acceptors (Lipinski definition) is 7. The van der Waals surface area contributed by atoms with E-state index in [4.69, 9.17) is 14.2 Å². The van der Waals surface area contributed by atoms with E-state index in [1.54, 1.807) is 55.6 Å². The first-order valence-electron chi connectivity index (χ1n) is 10.2. The van der Waals surface area contributed by atoms with Crippen molar-refractivity contribution in [2.45, 2.75) is 13.5 Å². The van der Waals surface area contributed by atoms with Gasteiger partial charge in [0.2, 0.25) is 0 Å². The van der Waals surface area contributed by atoms with Crippen LogP contribution in [0.3, 0.4) is 0 Å². The number of nitrogens with one attached hydrogen (secondary N) is 1. The van der Waals surface area contributed by atoms with Gasteiger partial charge in [0.15, 0.2) is 11.5 Å². The van der Waals surface area contributed by atoms with E-state index in [0.717, 1.165) is 5.56 Å². The van der Waals surface area contributed by atoms with Gasteiger partial charge in [-0.25, -0.2) is 5.43 Å². The van der Waals surface area contributed by atoms with Gasteiger partial charge in [-0.15, -0.1) is 0 Å². The average molecular weight is 528 g/mol. The predicted octanol–water partition coefficient (Wildman–Crippen LogP) is 5.11. The normalized spacial score (nSPS) is 10.7. The Morgan fingerprint density at radius 2 is 1.82 bits per heavy atom. The van der Waals surface area contributed by atoms with E-state index in [2.05, 4.69) is 26.5 Å². The number of nitro benzene ring substituents is 1. The molecule has 0 spiro atoms. The number of ether oxygens (including phenoxy) is 3. The fourth-order valence-electron chi connectivity index (χ4n) is 2.91. The lowest BCUT2D eigenvalue weighted by Gasteiger charge is -2.14. The van der Waals surface area contributed by atoms with Crippen LogP contribution >= 0.6 is 15.9 Å². The number of hydrogen-bond donors (Lipinski definition) is 1. The molecule has 0 unspecified atom stereocenters. The Morgan fingerprint density at radius 1 is 1.12 bits per heavy atom. The minimum Gasteiger partial charge on any atom is -0.497 e. The molecule has 0 aliphatic carbocycles. The highest BCUT2D eigenvalue weighted by Crippen LogP contribution is 2.37. The van der Waals surface area contributed by atoms with Gasteiger partial charge in [-0.3, -0.25) is 14.9 Å². The molecular weight excluding hydrogens is 506 g/mol. The first-order chi connectivity index (χ1) is 16.4. The number of rotatable bonds is 10. The van der Waals surface area contributed by atoms with Gasteiger partial charge in [0.1, 0.15) is 12.4 Å². The lowest BCUT2D eigenvalue weighted by molar-refractivity contribution is -0.384. The van der Waals surface area contributed by atoms with Crippen molar-refractivity contribution in [1.29, 1.82) is 0 Å². The third kappa shape index (κ3) is 6.55. The summed E-state index contributed by atoms with van der Waals surface area (Å²) in [6.07, 6.45) is 1.49. The molecule has 0 atom stereocenters. The number of carbonyl (C=O) groups excluding carboxylic acids is 1. The van der Waals surface area contributed by atoms with E-state index in [9.17, 15) is 14.9 Å². The van der Waals surface area contributed by atoms with Crippen LogP contribution in [0.1, 0.15) is 28.4 Å². The standard InChI is InChI=1S/C24H22BrN3O6/c1-3-33-22-13-17(14-26-27-24(29)18-6-10-20(32-2)11-7-18)12-21(25)23(22)34-15-16-4-8-19(9-5-16)28(30)31/h4-14H,3,15H2,1-2H3,(H,27,29)/b26-14-. The number of methoxy groups -OCH3 is 1. The molecule has 9 nitrogen and oxygen atoms in total. The molecule has 34 heavy (non-hydrogen) atoms. The van der Waals surface area contributed by atoms with E-state index < -0.39 is 4.92 Å². The van der Waals surface area contributed by atoms with Gasteiger partial charge in [-0.05, 0) is 82.5 Å². The number of halogens is 1. The molecule has 0 aromatic heterocycles. The van der Waals surface area contributed by atoms with E-state index in [1.165, 1.54) is 18.3 Å². The van der Waals surface area contributed by atoms with Crippen LogP contribution in [0.4, 0.5) is 5.69 Å². The number of carbonyl (C=O) groups is 1. The van der Waals surface area contributed by atoms with Crippen LogP contribution in [-0.2, 0) is 6.61 Å². The fraction of sp³-hybridized carbons (Fsp3) is 0.167. The molecule has 3 aromatic carbocycles. The van der Waals surface area contributed by atoms with Gasteiger partial charge in [0, 0.05) is 17.7 Å². The highest BCUT2D eigenvalue weighted by Gasteiger charge is 2.13. The largest absolute Gasteiger partial charge is 0.497 e. The van der Waals surface area contributed by atoms with Crippen molar-refractivity contribution in [1.82, 2.24) is 5.43 Å². The summed E-state index contributed by atoms with van der Waals surface area (Å²) in [5, 5.41) is 14.8. The Balaban J connectivity index is 1.69. The molecule has 0 bridgehead atoms. The molecule has 0 fully saturated rings. The van der Waals surface area contributed by atoms with Crippen LogP contribution in [0.15, 0.2) is 70.2 Å². The second kappa shape index (κ2) is 11.8. The Morgan fingerprint density at radius 3 is 2.44 bits per heavy atom. The molecule has 10 heteroatoms. The van der Waals surface area contributed by atoms with Crippen molar-refractivity contribution < 1.29 is 23.9 Å². The van der Waals surface area contributed by atoms with E-state index in [-0.39, 0.29) is 18.2 Å². The molecule has 3 aromatic rings. The first-order valence-corrected chi connectivity index (χ1v) is 11.0. The molecule has 0 heterocycles. The maximum atomic E-state index is 12.2. The number of benzene rings is 3. The molecule has 3 rings (SSSR count). The van der Waals surface area contributed by atoms with Gasteiger partial charge in [-0.1, -0.05) is 0 Å². The lowest BCUT2D eigenvalue weighted by atomic mass is 10.2. The molecule has 0 aliphatic heterocycles. The minimum absolute atomic E-state index is 0.0163. The summed E-state index contributed by atoms with van der Waals surface area (Å²) < 4.78 is 17.3. The summed E-state index contributed by atoms with van der Waals surface area (Å²) in [7, 11) is 1.56. The SMILES string of the molecule is CCOc1cc(/C=N\NC(=O)c2ccc(OC)cc2)cc(Br)c1OCc1ccc([N+](=O)[O-])cc1. The van der Waals surface area contributed by atoms with E-state index in [0.29, 0.717) is 39.5 Å². The molecule has 0 saturated carbocycles. The maximum Gasteiger partial charge on any atom is 0.271 e. The third-order valence-corrected chi connectivity index (χ3v) is 5.18. The van der Waals surface area contributed by atoms with Gasteiger partial charge < -0.3 is 14.2 Å². The number of nitro groups is 1. The minimum atomic E-state index is -0.450. The molecule has 176 valence electrons. The summed E-state index contributed by atoms with van der Waals surface area (Å²) in [5.41, 5.74) is 4.39. The maximum absolute atomic E-state index is 12.2. The Hall–Kier alpha value is -3.92. The van der Waals surface area contributed by atoms with Crippen LogP contribution in [0.25, 0.3) is 0 Å². The lowest BCUT2D eigenvalue weighted by Crippen LogP contribution is -2.17. The smallest absolute Gasteiger partial charge is 0.271 e. The number of non-ortho nitro benzene ring substituents is 1. The van der Waals surface area contributed by atoms with Crippen LogP contribution < -0.4 is 19.6 Å². The summed E-state index contributed by atoms with van der Waals surface area (Å²) in [6.45, 7) is 2.46. The molecule has 0 radical (unpaired) electrons. The number of nitrogens with zero attached hydrogens (tertiary/aromatic N) is 2.